The van der Waals surface area contributed by atoms with Crippen molar-refractivity contribution in [2.24, 2.45) is 0 Å². The van der Waals surface area contributed by atoms with Gasteiger partial charge in [-0.1, -0.05) is 18.2 Å². The molecule has 1 aliphatic heterocycles. The lowest BCUT2D eigenvalue weighted by Crippen LogP contribution is -2.42. The summed E-state index contributed by atoms with van der Waals surface area (Å²) in [7, 11) is 1.54. The summed E-state index contributed by atoms with van der Waals surface area (Å²) in [6, 6.07) is 9.27. The molecule has 4 atom stereocenters. The number of aliphatic hydroxyl groups excluding tert-OH is 1. The smallest absolute Gasteiger partial charge is 0.130 e. The molecule has 1 saturated carbocycles. The van der Waals surface area contributed by atoms with E-state index in [4.69, 9.17) is 14.2 Å². The number of halogens is 1. The van der Waals surface area contributed by atoms with Gasteiger partial charge in [-0.05, 0) is 76.1 Å². The van der Waals surface area contributed by atoms with E-state index >= 15 is 0 Å². The SMILES string of the molecule is COc1ccc(CC(C)(C)NCCCOC(C)c2ccc(C)c3c2C2C(O3)C2(CO)SC)c(F)c1. The first kappa shape index (κ1) is 26.3. The predicted octanol–water partition coefficient (Wildman–Crippen LogP) is 5.17. The first-order valence-electron chi connectivity index (χ1n) is 12.3. The van der Waals surface area contributed by atoms with Crippen molar-refractivity contribution in [3.05, 3.63) is 58.4 Å². The summed E-state index contributed by atoms with van der Waals surface area (Å²) in [5.41, 5.74) is 3.93. The lowest BCUT2D eigenvalue weighted by molar-refractivity contribution is 0.0625. The number of methoxy groups -OCH3 is 1. The molecule has 2 aliphatic rings. The summed E-state index contributed by atoms with van der Waals surface area (Å²) in [5, 5.41) is 13.6. The molecule has 1 fully saturated rings. The molecule has 0 spiro atoms. The minimum absolute atomic E-state index is 0.0477. The molecule has 0 aromatic heterocycles. The Morgan fingerprint density at radius 1 is 1.29 bits per heavy atom. The van der Waals surface area contributed by atoms with Crippen LogP contribution in [0.25, 0.3) is 0 Å². The second-order valence-corrected chi connectivity index (χ2v) is 11.5. The average Bonchev–Trinajstić information content (AvgIpc) is 3.27. The first-order valence-corrected chi connectivity index (χ1v) is 13.5. The Bertz CT molecular complexity index is 1060. The van der Waals surface area contributed by atoms with Crippen LogP contribution in [0.4, 0.5) is 4.39 Å². The lowest BCUT2D eigenvalue weighted by atomic mass is 9.94. The van der Waals surface area contributed by atoms with Crippen LogP contribution in [-0.4, -0.2) is 54.6 Å². The van der Waals surface area contributed by atoms with Crippen molar-refractivity contribution in [1.29, 1.82) is 0 Å². The van der Waals surface area contributed by atoms with Crippen LogP contribution in [0.2, 0.25) is 0 Å². The summed E-state index contributed by atoms with van der Waals surface area (Å²) in [4.78, 5) is 0. The molecule has 2 aromatic rings. The zero-order valence-corrected chi connectivity index (χ0v) is 22.4. The molecular formula is C28H38FNO4S. The number of hydrogen-bond donors (Lipinski definition) is 2. The molecule has 0 saturated heterocycles. The Balaban J connectivity index is 1.29. The van der Waals surface area contributed by atoms with E-state index in [1.807, 2.05) is 6.26 Å². The average molecular weight is 504 g/mol. The number of benzene rings is 2. The van der Waals surface area contributed by atoms with E-state index < -0.39 is 0 Å². The van der Waals surface area contributed by atoms with Gasteiger partial charge in [-0.15, -0.1) is 0 Å². The van der Waals surface area contributed by atoms with Crippen LogP contribution in [0.3, 0.4) is 0 Å². The van der Waals surface area contributed by atoms with Crippen molar-refractivity contribution in [3.63, 3.8) is 0 Å². The van der Waals surface area contributed by atoms with Gasteiger partial charge >= 0.3 is 0 Å². The van der Waals surface area contributed by atoms with Crippen molar-refractivity contribution in [2.75, 3.05) is 33.1 Å². The highest BCUT2D eigenvalue weighted by molar-refractivity contribution is 8.00. The highest BCUT2D eigenvalue weighted by atomic mass is 32.2. The molecule has 0 amide bonds. The molecule has 1 heterocycles. The molecule has 35 heavy (non-hydrogen) atoms. The monoisotopic (exact) mass is 503 g/mol. The quantitative estimate of drug-likeness (QED) is 0.390. The number of fused-ring (bicyclic) bond motifs is 3. The first-order chi connectivity index (χ1) is 16.7. The van der Waals surface area contributed by atoms with E-state index in [2.05, 4.69) is 45.1 Å². The van der Waals surface area contributed by atoms with Gasteiger partial charge in [0, 0.05) is 29.7 Å². The number of aryl methyl sites for hydroxylation is 1. The topological polar surface area (TPSA) is 60.0 Å². The third kappa shape index (κ3) is 5.06. The number of nitrogens with one attached hydrogen (secondary N) is 1. The molecule has 2 N–H and O–H groups in total. The Kier molecular flexibility index (Phi) is 7.72. The molecular weight excluding hydrogens is 465 g/mol. The second kappa shape index (κ2) is 10.3. The Labute approximate surface area is 212 Å². The van der Waals surface area contributed by atoms with Crippen LogP contribution in [0, 0.1) is 12.7 Å². The van der Waals surface area contributed by atoms with E-state index in [0.717, 1.165) is 29.8 Å². The Morgan fingerprint density at radius 2 is 2.06 bits per heavy atom. The van der Waals surface area contributed by atoms with Crippen LogP contribution >= 0.6 is 11.8 Å². The van der Waals surface area contributed by atoms with Gasteiger partial charge in [0.2, 0.25) is 0 Å². The summed E-state index contributed by atoms with van der Waals surface area (Å²) in [5.74, 6) is 1.48. The summed E-state index contributed by atoms with van der Waals surface area (Å²) in [6.07, 6.45) is 3.46. The third-order valence-corrected chi connectivity index (χ3v) is 8.81. The maximum atomic E-state index is 14.4. The molecule has 4 rings (SSSR count). The molecule has 5 nitrogen and oxygen atoms in total. The largest absolute Gasteiger partial charge is 0.497 e. The number of hydrogen-bond acceptors (Lipinski definition) is 6. The second-order valence-electron chi connectivity index (χ2n) is 10.4. The molecule has 0 radical (unpaired) electrons. The molecule has 192 valence electrons. The fraction of sp³-hybridized carbons (Fsp3) is 0.571. The zero-order valence-electron chi connectivity index (χ0n) is 21.6. The number of thioether (sulfide) groups is 1. The molecule has 4 unspecified atom stereocenters. The van der Waals surface area contributed by atoms with Crippen LogP contribution in [-0.2, 0) is 11.2 Å². The Hall–Kier alpha value is -1.80. The van der Waals surface area contributed by atoms with Gasteiger partial charge in [0.05, 0.1) is 24.6 Å². The number of aliphatic hydroxyl groups is 1. The molecule has 2 aromatic carbocycles. The highest BCUT2D eigenvalue weighted by Crippen LogP contribution is 2.68. The lowest BCUT2D eigenvalue weighted by Gasteiger charge is -2.27. The Morgan fingerprint density at radius 3 is 2.71 bits per heavy atom. The normalized spacial score (nSPS) is 23.4. The molecule has 7 heteroatoms. The van der Waals surface area contributed by atoms with Crippen LogP contribution < -0.4 is 14.8 Å². The fourth-order valence-corrected chi connectivity index (χ4v) is 6.28. The van der Waals surface area contributed by atoms with Crippen LogP contribution in [0.1, 0.15) is 61.5 Å². The minimum atomic E-state index is -0.247. The van der Waals surface area contributed by atoms with E-state index in [-0.39, 0.29) is 40.8 Å². The van der Waals surface area contributed by atoms with E-state index in [0.29, 0.717) is 24.3 Å². The van der Waals surface area contributed by atoms with E-state index in [1.165, 1.54) is 18.7 Å². The summed E-state index contributed by atoms with van der Waals surface area (Å²) in [6.45, 7) is 9.84. The number of rotatable bonds is 12. The van der Waals surface area contributed by atoms with E-state index in [1.54, 1.807) is 23.9 Å². The van der Waals surface area contributed by atoms with Gasteiger partial charge in [-0.25, -0.2) is 4.39 Å². The maximum Gasteiger partial charge on any atom is 0.130 e. The molecule has 0 bridgehead atoms. The summed E-state index contributed by atoms with van der Waals surface area (Å²) < 4.78 is 31.7. The van der Waals surface area contributed by atoms with Crippen molar-refractivity contribution >= 4 is 11.8 Å². The predicted molar refractivity (Wildman–Crippen MR) is 139 cm³/mol. The number of ether oxygens (including phenoxy) is 3. The van der Waals surface area contributed by atoms with Gasteiger partial charge in [0.1, 0.15) is 23.4 Å². The van der Waals surface area contributed by atoms with Crippen LogP contribution in [0.5, 0.6) is 11.5 Å². The van der Waals surface area contributed by atoms with Gasteiger partial charge in [-0.3, -0.25) is 0 Å². The zero-order chi connectivity index (χ0) is 25.4. The van der Waals surface area contributed by atoms with Gasteiger partial charge in [-0.2, -0.15) is 11.8 Å². The van der Waals surface area contributed by atoms with Crippen LogP contribution in [0.15, 0.2) is 30.3 Å². The molecule has 1 aliphatic carbocycles. The van der Waals surface area contributed by atoms with Gasteiger partial charge in [0.15, 0.2) is 0 Å². The van der Waals surface area contributed by atoms with E-state index in [9.17, 15) is 9.50 Å². The highest BCUT2D eigenvalue weighted by Gasteiger charge is 2.71. The maximum absolute atomic E-state index is 14.4. The van der Waals surface area contributed by atoms with Crippen molar-refractivity contribution < 1.29 is 23.7 Å². The third-order valence-electron chi connectivity index (χ3n) is 7.43. The fourth-order valence-electron chi connectivity index (χ4n) is 5.31. The standard InChI is InChI=1S/C28H38FNO4S/c1-17-8-11-21(23-24-26(34-25(17)23)28(24,16-31)35-6)18(2)33-13-7-12-30-27(3,4)15-19-9-10-20(32-5)14-22(19)29/h8-11,14,18,24,26,30-31H,7,12-13,15-16H2,1-6H3. The minimum Gasteiger partial charge on any atom is -0.497 e. The van der Waals surface area contributed by atoms with Crippen molar-refractivity contribution in [2.45, 2.75) is 68.9 Å². The van der Waals surface area contributed by atoms with Gasteiger partial charge in [0.25, 0.3) is 0 Å². The van der Waals surface area contributed by atoms with Crippen molar-refractivity contribution in [1.82, 2.24) is 5.32 Å². The summed E-state index contributed by atoms with van der Waals surface area (Å²) >= 11 is 1.70. The van der Waals surface area contributed by atoms with Gasteiger partial charge < -0.3 is 24.6 Å². The van der Waals surface area contributed by atoms with Crippen molar-refractivity contribution in [3.8, 4) is 11.5 Å².